The number of halogens is 4. The lowest BCUT2D eigenvalue weighted by atomic mass is 9.78. The highest BCUT2D eigenvalue weighted by Crippen LogP contribution is 2.38. The van der Waals surface area contributed by atoms with Gasteiger partial charge in [-0.1, -0.05) is 31.1 Å². The summed E-state index contributed by atoms with van der Waals surface area (Å²) < 4.78 is 61.4. The standard InChI is InChI=1S/C20H26F4O2/c1-2-3-4-15-5-7-16(8-6-15)13-20(23,24)25-14-17-9-11-18(12-10-17)26-19(21)22/h2,9-12,15-16,19H,1,3-8,13-14H2/t15-,16-. The Morgan fingerprint density at radius 3 is 2.27 bits per heavy atom. The van der Waals surface area contributed by atoms with Crippen LogP contribution >= 0.6 is 0 Å². The maximum atomic E-state index is 14.1. The highest BCUT2D eigenvalue weighted by Gasteiger charge is 2.35. The Morgan fingerprint density at radius 2 is 1.69 bits per heavy atom. The summed E-state index contributed by atoms with van der Waals surface area (Å²) in [5.41, 5.74) is 0.486. The Morgan fingerprint density at radius 1 is 1.08 bits per heavy atom. The van der Waals surface area contributed by atoms with E-state index < -0.39 is 12.7 Å². The third-order valence-corrected chi connectivity index (χ3v) is 4.87. The minimum absolute atomic E-state index is 0.0104. The summed E-state index contributed by atoms with van der Waals surface area (Å²) in [6.07, 6.45) is 4.11. The summed E-state index contributed by atoms with van der Waals surface area (Å²) in [5.74, 6) is 0.586. The van der Waals surface area contributed by atoms with Gasteiger partial charge in [0.1, 0.15) is 5.75 Å². The molecule has 0 aliphatic heterocycles. The third-order valence-electron chi connectivity index (χ3n) is 4.87. The van der Waals surface area contributed by atoms with E-state index in [0.717, 1.165) is 38.5 Å². The molecule has 0 aromatic heterocycles. The number of ether oxygens (including phenoxy) is 2. The predicted molar refractivity (Wildman–Crippen MR) is 92.3 cm³/mol. The van der Waals surface area contributed by atoms with Gasteiger partial charge < -0.3 is 9.47 Å². The molecule has 2 nitrogen and oxygen atoms in total. The second kappa shape index (κ2) is 9.95. The molecule has 146 valence electrons. The SMILES string of the molecule is C=CCC[C@H]1CC[C@H](CC(F)(F)OCc2ccc(OC(F)F)cc2)CC1. The minimum atomic E-state index is -3.18. The zero-order valence-corrected chi connectivity index (χ0v) is 14.8. The number of hydrogen-bond acceptors (Lipinski definition) is 2. The van der Waals surface area contributed by atoms with Gasteiger partial charge in [0.05, 0.1) is 6.61 Å². The van der Waals surface area contributed by atoms with Crippen molar-refractivity contribution in [1.82, 2.24) is 0 Å². The maximum absolute atomic E-state index is 14.1. The molecular weight excluding hydrogens is 348 g/mol. The molecule has 0 atom stereocenters. The number of hydrogen-bond donors (Lipinski definition) is 0. The molecule has 2 rings (SSSR count). The molecular formula is C20H26F4O2. The molecule has 0 bridgehead atoms. The van der Waals surface area contributed by atoms with Crippen LogP contribution < -0.4 is 4.74 Å². The van der Waals surface area contributed by atoms with E-state index in [-0.39, 0.29) is 24.7 Å². The first kappa shape index (κ1) is 20.7. The average Bonchev–Trinajstić information content (AvgIpc) is 2.60. The van der Waals surface area contributed by atoms with Gasteiger partial charge in [0.25, 0.3) is 0 Å². The number of allylic oxidation sites excluding steroid dienone is 1. The van der Waals surface area contributed by atoms with Crippen molar-refractivity contribution in [1.29, 1.82) is 0 Å². The first-order valence-electron chi connectivity index (χ1n) is 9.04. The van der Waals surface area contributed by atoms with E-state index in [4.69, 9.17) is 4.74 Å². The molecule has 6 heteroatoms. The van der Waals surface area contributed by atoms with Crippen LogP contribution in [0.2, 0.25) is 0 Å². The second-order valence-corrected chi connectivity index (χ2v) is 6.91. The Labute approximate surface area is 152 Å². The van der Waals surface area contributed by atoms with Crippen LogP contribution in [0.25, 0.3) is 0 Å². The van der Waals surface area contributed by atoms with Gasteiger partial charge in [0.2, 0.25) is 0 Å². The average molecular weight is 374 g/mol. The largest absolute Gasteiger partial charge is 0.435 e. The van der Waals surface area contributed by atoms with Crippen LogP contribution in [-0.2, 0) is 11.3 Å². The smallest absolute Gasteiger partial charge is 0.387 e. The lowest BCUT2D eigenvalue weighted by Gasteiger charge is -2.30. The van der Waals surface area contributed by atoms with Gasteiger partial charge in [-0.25, -0.2) is 0 Å². The Hall–Kier alpha value is -1.56. The van der Waals surface area contributed by atoms with Crippen molar-refractivity contribution in [3.05, 3.63) is 42.5 Å². The summed E-state index contributed by atoms with van der Waals surface area (Å²) >= 11 is 0. The van der Waals surface area contributed by atoms with Crippen LogP contribution in [0.1, 0.15) is 50.5 Å². The van der Waals surface area contributed by atoms with Crippen LogP contribution in [0.15, 0.2) is 36.9 Å². The van der Waals surface area contributed by atoms with Crippen LogP contribution in [0.5, 0.6) is 5.75 Å². The van der Waals surface area contributed by atoms with Crippen molar-refractivity contribution in [2.45, 2.75) is 64.3 Å². The zero-order chi connectivity index (χ0) is 19.0. The van der Waals surface area contributed by atoms with Gasteiger partial charge in [-0.3, -0.25) is 0 Å². The van der Waals surface area contributed by atoms with Crippen LogP contribution in [-0.4, -0.2) is 12.7 Å². The van der Waals surface area contributed by atoms with Gasteiger partial charge in [0, 0.05) is 6.42 Å². The van der Waals surface area contributed by atoms with E-state index in [9.17, 15) is 17.6 Å². The summed E-state index contributed by atoms with van der Waals surface area (Å²) in [6.45, 7) is 0.539. The van der Waals surface area contributed by atoms with E-state index in [0.29, 0.717) is 11.5 Å². The van der Waals surface area contributed by atoms with E-state index in [2.05, 4.69) is 11.3 Å². The number of rotatable bonds is 10. The quantitative estimate of drug-likeness (QED) is 0.341. The molecule has 1 aliphatic rings. The topological polar surface area (TPSA) is 18.5 Å². The van der Waals surface area contributed by atoms with Crippen molar-refractivity contribution < 1.29 is 27.0 Å². The first-order valence-corrected chi connectivity index (χ1v) is 9.04. The first-order chi connectivity index (χ1) is 12.4. The van der Waals surface area contributed by atoms with Crippen LogP contribution in [0.4, 0.5) is 17.6 Å². The van der Waals surface area contributed by atoms with Gasteiger partial charge in [-0.15, -0.1) is 6.58 Å². The molecule has 0 spiro atoms. The van der Waals surface area contributed by atoms with Gasteiger partial charge in [-0.05, 0) is 55.2 Å². The predicted octanol–water partition coefficient (Wildman–Crippen LogP) is 6.56. The normalized spacial score (nSPS) is 21.0. The molecule has 1 aliphatic carbocycles. The molecule has 1 fully saturated rings. The summed E-state index contributed by atoms with van der Waals surface area (Å²) in [6, 6.07) is 5.51. The lowest BCUT2D eigenvalue weighted by Crippen LogP contribution is -2.27. The van der Waals surface area contributed by atoms with E-state index in [1.165, 1.54) is 24.3 Å². The number of alkyl halides is 4. The molecule has 1 aromatic rings. The molecule has 0 unspecified atom stereocenters. The lowest BCUT2D eigenvalue weighted by molar-refractivity contribution is -0.256. The monoisotopic (exact) mass is 374 g/mol. The fourth-order valence-corrected chi connectivity index (χ4v) is 3.43. The van der Waals surface area contributed by atoms with Crippen molar-refractivity contribution >= 4 is 0 Å². The Kier molecular flexibility index (Phi) is 7.94. The molecule has 1 aromatic carbocycles. The fourth-order valence-electron chi connectivity index (χ4n) is 3.43. The van der Waals surface area contributed by atoms with Crippen LogP contribution in [0.3, 0.4) is 0 Å². The highest BCUT2D eigenvalue weighted by atomic mass is 19.3. The summed E-state index contributed by atoms with van der Waals surface area (Å²) in [4.78, 5) is 0. The van der Waals surface area contributed by atoms with Gasteiger partial charge in [0.15, 0.2) is 0 Å². The van der Waals surface area contributed by atoms with E-state index in [1.807, 2.05) is 6.08 Å². The van der Waals surface area contributed by atoms with E-state index in [1.54, 1.807) is 0 Å². The summed E-state index contributed by atoms with van der Waals surface area (Å²) in [5, 5.41) is 0. The van der Waals surface area contributed by atoms with Gasteiger partial charge >= 0.3 is 12.7 Å². The van der Waals surface area contributed by atoms with Crippen molar-refractivity contribution in [3.63, 3.8) is 0 Å². The van der Waals surface area contributed by atoms with Crippen LogP contribution in [0, 0.1) is 11.8 Å². The molecule has 0 heterocycles. The Bertz CT molecular complexity index is 537. The van der Waals surface area contributed by atoms with Crippen molar-refractivity contribution in [2.75, 3.05) is 0 Å². The molecule has 0 saturated heterocycles. The molecule has 0 amide bonds. The molecule has 0 N–H and O–H groups in total. The van der Waals surface area contributed by atoms with Crippen molar-refractivity contribution in [3.8, 4) is 5.75 Å². The molecule has 1 saturated carbocycles. The second-order valence-electron chi connectivity index (χ2n) is 6.91. The van der Waals surface area contributed by atoms with Gasteiger partial charge in [-0.2, -0.15) is 17.6 Å². The Balaban J connectivity index is 1.74. The highest BCUT2D eigenvalue weighted by molar-refractivity contribution is 5.26. The van der Waals surface area contributed by atoms with Crippen molar-refractivity contribution in [2.24, 2.45) is 11.8 Å². The molecule has 0 radical (unpaired) electrons. The minimum Gasteiger partial charge on any atom is -0.435 e. The fraction of sp³-hybridized carbons (Fsp3) is 0.600. The summed E-state index contributed by atoms with van der Waals surface area (Å²) in [7, 11) is 0. The molecule has 26 heavy (non-hydrogen) atoms. The zero-order valence-electron chi connectivity index (χ0n) is 14.8. The van der Waals surface area contributed by atoms with E-state index >= 15 is 0 Å². The third kappa shape index (κ3) is 7.36. The maximum Gasteiger partial charge on any atom is 0.387 e. The number of benzene rings is 1.